The molecule has 5 heteroatoms. The van der Waals surface area contributed by atoms with Gasteiger partial charge in [0.25, 0.3) is 0 Å². The third kappa shape index (κ3) is 2.24. The molecule has 2 aliphatic rings. The van der Waals surface area contributed by atoms with Crippen LogP contribution in [0.3, 0.4) is 0 Å². The lowest BCUT2D eigenvalue weighted by molar-refractivity contribution is 0.256. The molecule has 110 valence electrons. The van der Waals surface area contributed by atoms with Gasteiger partial charge in [-0.05, 0) is 44.4 Å². The van der Waals surface area contributed by atoms with Gasteiger partial charge in [0.05, 0.1) is 11.3 Å². The smallest absolute Gasteiger partial charge is 0.137 e. The van der Waals surface area contributed by atoms with E-state index in [9.17, 15) is 0 Å². The Morgan fingerprint density at radius 1 is 1.19 bits per heavy atom. The first kappa shape index (κ1) is 13.2. The molecule has 2 aromatic rings. The number of nitrogen functional groups attached to an aromatic ring is 1. The van der Waals surface area contributed by atoms with Crippen molar-refractivity contribution in [3.8, 4) is 10.6 Å². The lowest BCUT2D eigenvalue weighted by Gasteiger charge is -2.32. The first-order chi connectivity index (χ1) is 10.2. The molecule has 0 bridgehead atoms. The normalized spacial score (nSPS) is 19.9. The maximum absolute atomic E-state index is 6.04. The molecule has 2 aliphatic carbocycles. The summed E-state index contributed by atoms with van der Waals surface area (Å²) in [4.78, 5) is 14.8. The molecular weight excluding hydrogens is 280 g/mol. The third-order valence-electron chi connectivity index (χ3n) is 5.04. The zero-order valence-corrected chi connectivity index (χ0v) is 13.2. The van der Waals surface area contributed by atoms with Gasteiger partial charge < -0.3 is 5.73 Å². The molecule has 0 aromatic carbocycles. The molecule has 1 spiro atoms. The van der Waals surface area contributed by atoms with Crippen LogP contribution in [0.15, 0.2) is 6.20 Å². The zero-order chi connectivity index (χ0) is 14.4. The summed E-state index contributed by atoms with van der Waals surface area (Å²) in [5.41, 5.74) is 8.79. The number of aryl methyl sites for hydroxylation is 2. The number of thiazole rings is 1. The van der Waals surface area contributed by atoms with Crippen molar-refractivity contribution < 1.29 is 0 Å². The Labute approximate surface area is 128 Å². The van der Waals surface area contributed by atoms with Gasteiger partial charge in [0.2, 0.25) is 0 Å². The van der Waals surface area contributed by atoms with Crippen molar-refractivity contribution >= 4 is 17.2 Å². The third-order valence-corrected chi connectivity index (χ3v) is 6.17. The Hall–Kier alpha value is -1.49. The van der Waals surface area contributed by atoms with Gasteiger partial charge in [0.1, 0.15) is 16.6 Å². The van der Waals surface area contributed by atoms with E-state index in [1.165, 1.54) is 49.1 Å². The molecule has 2 N–H and O–H groups in total. The van der Waals surface area contributed by atoms with Crippen molar-refractivity contribution in [2.75, 3.05) is 5.73 Å². The molecule has 4 rings (SSSR count). The molecule has 21 heavy (non-hydrogen) atoms. The molecule has 2 heterocycles. The van der Waals surface area contributed by atoms with Crippen LogP contribution in [0.4, 0.5) is 5.82 Å². The highest BCUT2D eigenvalue weighted by atomic mass is 32.1. The number of hydrogen-bond acceptors (Lipinski definition) is 5. The molecule has 0 radical (unpaired) electrons. The minimum atomic E-state index is 0.546. The molecule has 2 aromatic heterocycles. The van der Waals surface area contributed by atoms with Crippen LogP contribution in [0.1, 0.15) is 48.5 Å². The van der Waals surface area contributed by atoms with Crippen LogP contribution in [0, 0.1) is 12.3 Å². The van der Waals surface area contributed by atoms with Crippen LogP contribution in [0.25, 0.3) is 10.6 Å². The van der Waals surface area contributed by atoms with Gasteiger partial charge in [-0.25, -0.2) is 15.0 Å². The van der Waals surface area contributed by atoms with Crippen LogP contribution in [-0.4, -0.2) is 15.0 Å². The summed E-state index contributed by atoms with van der Waals surface area (Å²) in [7, 11) is 0. The SMILES string of the molecule is Cc1ncc(-c2nc3c(s2)CC2(CCCC2)CC3)c(N)n1. The van der Waals surface area contributed by atoms with Gasteiger partial charge in [-0.1, -0.05) is 12.8 Å². The molecular formula is C16H20N4S. The van der Waals surface area contributed by atoms with E-state index in [-0.39, 0.29) is 0 Å². The Kier molecular flexibility index (Phi) is 2.99. The van der Waals surface area contributed by atoms with Gasteiger partial charge in [-0.2, -0.15) is 0 Å². The summed E-state index contributed by atoms with van der Waals surface area (Å²) in [6.07, 6.45) is 11.1. The van der Waals surface area contributed by atoms with E-state index in [4.69, 9.17) is 10.7 Å². The van der Waals surface area contributed by atoms with Gasteiger partial charge in [0.15, 0.2) is 0 Å². The lowest BCUT2D eigenvalue weighted by atomic mass is 9.74. The number of anilines is 1. The standard InChI is InChI=1S/C16H20N4S/c1-10-18-9-11(14(17)19-10)15-20-12-4-7-16(5-2-3-6-16)8-13(12)21-15/h9H,2-8H2,1H3,(H2,17,18,19). The maximum atomic E-state index is 6.04. The fourth-order valence-corrected chi connectivity index (χ4v) is 5.15. The van der Waals surface area contributed by atoms with Crippen LogP contribution in [0.5, 0.6) is 0 Å². The highest BCUT2D eigenvalue weighted by molar-refractivity contribution is 7.15. The molecule has 1 fully saturated rings. The first-order valence-corrected chi connectivity index (χ1v) is 8.55. The molecule has 0 unspecified atom stereocenters. The van der Waals surface area contributed by atoms with Gasteiger partial charge in [-0.3, -0.25) is 0 Å². The number of fused-ring (bicyclic) bond motifs is 1. The predicted octanol–water partition coefficient (Wildman–Crippen LogP) is 3.54. The van der Waals surface area contributed by atoms with E-state index < -0.39 is 0 Å². The summed E-state index contributed by atoms with van der Waals surface area (Å²) in [6.45, 7) is 1.86. The van der Waals surface area contributed by atoms with Gasteiger partial charge in [-0.15, -0.1) is 11.3 Å². The number of nitrogens with zero attached hydrogens (tertiary/aromatic N) is 3. The molecule has 0 atom stereocenters. The maximum Gasteiger partial charge on any atom is 0.137 e. The van der Waals surface area contributed by atoms with Crippen molar-refractivity contribution in [3.63, 3.8) is 0 Å². The highest BCUT2D eigenvalue weighted by Crippen LogP contribution is 2.49. The summed E-state index contributed by atoms with van der Waals surface area (Å²) >= 11 is 1.80. The minimum absolute atomic E-state index is 0.546. The predicted molar refractivity (Wildman–Crippen MR) is 85.2 cm³/mol. The van der Waals surface area contributed by atoms with Crippen LogP contribution in [0.2, 0.25) is 0 Å². The van der Waals surface area contributed by atoms with E-state index in [2.05, 4.69) is 9.97 Å². The van der Waals surface area contributed by atoms with Crippen molar-refractivity contribution in [1.29, 1.82) is 0 Å². The second-order valence-electron chi connectivity index (χ2n) is 6.49. The lowest BCUT2D eigenvalue weighted by Crippen LogP contribution is -2.24. The average molecular weight is 300 g/mol. The first-order valence-electron chi connectivity index (χ1n) is 7.73. The van der Waals surface area contributed by atoms with Crippen LogP contribution in [-0.2, 0) is 12.8 Å². The van der Waals surface area contributed by atoms with Gasteiger partial charge >= 0.3 is 0 Å². The van der Waals surface area contributed by atoms with E-state index in [1.54, 1.807) is 11.3 Å². The Morgan fingerprint density at radius 3 is 2.76 bits per heavy atom. The Morgan fingerprint density at radius 2 is 2.00 bits per heavy atom. The van der Waals surface area contributed by atoms with Crippen molar-refractivity contribution in [3.05, 3.63) is 22.6 Å². The van der Waals surface area contributed by atoms with E-state index in [0.29, 0.717) is 17.1 Å². The second kappa shape index (κ2) is 4.77. The summed E-state index contributed by atoms with van der Waals surface area (Å²) in [6, 6.07) is 0. The quantitative estimate of drug-likeness (QED) is 0.875. The summed E-state index contributed by atoms with van der Waals surface area (Å²) in [5, 5.41) is 0.993. The number of nitrogens with two attached hydrogens (primary N) is 1. The Balaban J connectivity index is 1.69. The Bertz CT molecular complexity index is 686. The van der Waals surface area contributed by atoms with Crippen LogP contribution >= 0.6 is 11.3 Å². The molecule has 4 nitrogen and oxygen atoms in total. The van der Waals surface area contributed by atoms with Crippen molar-refractivity contribution in [1.82, 2.24) is 15.0 Å². The zero-order valence-electron chi connectivity index (χ0n) is 12.4. The topological polar surface area (TPSA) is 64.7 Å². The monoisotopic (exact) mass is 300 g/mol. The highest BCUT2D eigenvalue weighted by Gasteiger charge is 2.38. The summed E-state index contributed by atoms with van der Waals surface area (Å²) in [5.74, 6) is 1.26. The summed E-state index contributed by atoms with van der Waals surface area (Å²) < 4.78 is 0. The minimum Gasteiger partial charge on any atom is -0.383 e. The van der Waals surface area contributed by atoms with E-state index >= 15 is 0 Å². The number of aromatic nitrogens is 3. The van der Waals surface area contributed by atoms with Crippen molar-refractivity contribution in [2.24, 2.45) is 5.41 Å². The molecule has 0 amide bonds. The largest absolute Gasteiger partial charge is 0.383 e. The number of hydrogen-bond donors (Lipinski definition) is 1. The molecule has 1 saturated carbocycles. The fraction of sp³-hybridized carbons (Fsp3) is 0.562. The second-order valence-corrected chi connectivity index (χ2v) is 7.57. The van der Waals surface area contributed by atoms with E-state index in [1.807, 2.05) is 13.1 Å². The van der Waals surface area contributed by atoms with E-state index in [0.717, 1.165) is 17.0 Å². The van der Waals surface area contributed by atoms with Crippen molar-refractivity contribution in [2.45, 2.75) is 51.9 Å². The van der Waals surface area contributed by atoms with Crippen LogP contribution < -0.4 is 5.73 Å². The fourth-order valence-electron chi connectivity index (χ4n) is 3.85. The average Bonchev–Trinajstić information content (AvgIpc) is 3.06. The molecule has 0 saturated heterocycles. The number of rotatable bonds is 1. The molecule has 0 aliphatic heterocycles. The van der Waals surface area contributed by atoms with Gasteiger partial charge in [0, 0.05) is 11.1 Å².